The molecule has 0 spiro atoms. The molecule has 1 heteroatoms. The van der Waals surface area contributed by atoms with Crippen LogP contribution in [-0.2, 0) is 12.8 Å². The second-order valence-electron chi connectivity index (χ2n) is 5.63. The minimum atomic E-state index is -0.167. The fraction of sp³-hybridized carbons (Fsp3) is 0.294. The number of hydrogen-bond acceptors (Lipinski definition) is 0. The molecule has 2 aromatic rings. The first-order valence-corrected chi connectivity index (χ1v) is 6.34. The Labute approximate surface area is 108 Å². The van der Waals surface area contributed by atoms with Gasteiger partial charge >= 0.3 is 0 Å². The van der Waals surface area contributed by atoms with E-state index in [1.807, 2.05) is 18.2 Å². The van der Waals surface area contributed by atoms with Crippen LogP contribution in [0.25, 0.3) is 0 Å². The van der Waals surface area contributed by atoms with Crippen molar-refractivity contribution in [1.29, 1.82) is 0 Å². The van der Waals surface area contributed by atoms with Crippen LogP contribution in [0.1, 0.15) is 25.0 Å². The van der Waals surface area contributed by atoms with Gasteiger partial charge in [0.1, 0.15) is 5.82 Å². The Kier molecular flexibility index (Phi) is 3.81. The topological polar surface area (TPSA) is 0 Å². The van der Waals surface area contributed by atoms with Crippen LogP contribution in [0.5, 0.6) is 0 Å². The Hall–Kier alpha value is -1.63. The van der Waals surface area contributed by atoms with E-state index in [2.05, 4.69) is 38.1 Å². The highest BCUT2D eigenvalue weighted by atomic mass is 19.1. The number of rotatable bonds is 4. The SMILES string of the molecule is CC(C)(Cc1ccccc1)Cc1ccc(F)cc1. The summed E-state index contributed by atoms with van der Waals surface area (Å²) >= 11 is 0. The molecule has 0 aromatic heterocycles. The van der Waals surface area contributed by atoms with Crippen LogP contribution in [0.4, 0.5) is 4.39 Å². The molecule has 2 rings (SSSR count). The summed E-state index contributed by atoms with van der Waals surface area (Å²) in [5, 5.41) is 0. The van der Waals surface area contributed by atoms with Crippen molar-refractivity contribution < 1.29 is 4.39 Å². The van der Waals surface area contributed by atoms with Crippen LogP contribution in [0.3, 0.4) is 0 Å². The molecule has 0 amide bonds. The third kappa shape index (κ3) is 3.69. The molecule has 0 aliphatic carbocycles. The maximum Gasteiger partial charge on any atom is 0.123 e. The van der Waals surface area contributed by atoms with Crippen LogP contribution in [0.2, 0.25) is 0 Å². The Balaban J connectivity index is 2.05. The summed E-state index contributed by atoms with van der Waals surface area (Å²) in [7, 11) is 0. The maximum atomic E-state index is 12.9. The zero-order valence-electron chi connectivity index (χ0n) is 11.0. The van der Waals surface area contributed by atoms with E-state index < -0.39 is 0 Å². The Morgan fingerprint density at radius 3 is 1.83 bits per heavy atom. The second-order valence-corrected chi connectivity index (χ2v) is 5.63. The second kappa shape index (κ2) is 5.34. The zero-order valence-corrected chi connectivity index (χ0v) is 11.0. The normalized spacial score (nSPS) is 11.5. The maximum absolute atomic E-state index is 12.9. The summed E-state index contributed by atoms with van der Waals surface area (Å²) in [5.41, 5.74) is 2.72. The predicted molar refractivity (Wildman–Crippen MR) is 74.0 cm³/mol. The Morgan fingerprint density at radius 2 is 1.28 bits per heavy atom. The molecule has 0 aliphatic heterocycles. The molecule has 0 fully saturated rings. The molecule has 0 heterocycles. The average Bonchev–Trinajstić information content (AvgIpc) is 2.32. The monoisotopic (exact) mass is 242 g/mol. The first kappa shape index (κ1) is 12.8. The van der Waals surface area contributed by atoms with Gasteiger partial charge in [-0.1, -0.05) is 56.3 Å². The molecule has 0 saturated carbocycles. The van der Waals surface area contributed by atoms with Crippen molar-refractivity contribution >= 4 is 0 Å². The summed E-state index contributed by atoms with van der Waals surface area (Å²) in [4.78, 5) is 0. The predicted octanol–water partition coefficient (Wildman–Crippen LogP) is 4.64. The first-order chi connectivity index (χ1) is 8.55. The van der Waals surface area contributed by atoms with Gasteiger partial charge in [-0.25, -0.2) is 4.39 Å². The molecule has 18 heavy (non-hydrogen) atoms. The molecular formula is C17H19F. The Morgan fingerprint density at radius 1 is 0.778 bits per heavy atom. The first-order valence-electron chi connectivity index (χ1n) is 6.34. The van der Waals surface area contributed by atoms with E-state index in [1.165, 1.54) is 23.3 Å². The fourth-order valence-electron chi connectivity index (χ4n) is 2.37. The lowest BCUT2D eigenvalue weighted by atomic mass is 9.80. The molecule has 0 aliphatic rings. The van der Waals surface area contributed by atoms with Crippen LogP contribution >= 0.6 is 0 Å². The quantitative estimate of drug-likeness (QED) is 0.733. The van der Waals surface area contributed by atoms with Crippen LogP contribution in [0, 0.1) is 11.2 Å². The third-order valence-electron chi connectivity index (χ3n) is 3.12. The number of benzene rings is 2. The summed E-state index contributed by atoms with van der Waals surface area (Å²) in [5.74, 6) is -0.167. The lowest BCUT2D eigenvalue weighted by molar-refractivity contribution is 0.360. The van der Waals surface area contributed by atoms with Crippen molar-refractivity contribution in [2.45, 2.75) is 26.7 Å². The summed E-state index contributed by atoms with van der Waals surface area (Å²) in [6.07, 6.45) is 1.99. The van der Waals surface area contributed by atoms with Crippen molar-refractivity contribution in [3.8, 4) is 0 Å². The lowest BCUT2D eigenvalue weighted by Gasteiger charge is -2.25. The molecule has 0 N–H and O–H groups in total. The van der Waals surface area contributed by atoms with Gasteiger partial charge in [0.15, 0.2) is 0 Å². The molecule has 2 aromatic carbocycles. The Bertz CT molecular complexity index is 483. The van der Waals surface area contributed by atoms with Gasteiger partial charge in [0.05, 0.1) is 0 Å². The highest BCUT2D eigenvalue weighted by Gasteiger charge is 2.19. The van der Waals surface area contributed by atoms with E-state index >= 15 is 0 Å². The zero-order chi connectivity index (χ0) is 13.0. The smallest absolute Gasteiger partial charge is 0.123 e. The molecule has 94 valence electrons. The van der Waals surface area contributed by atoms with Crippen molar-refractivity contribution in [3.05, 3.63) is 71.5 Å². The van der Waals surface area contributed by atoms with Gasteiger partial charge in [-0.05, 0) is 41.5 Å². The molecule has 0 saturated heterocycles. The van der Waals surface area contributed by atoms with Gasteiger partial charge in [-0.15, -0.1) is 0 Å². The van der Waals surface area contributed by atoms with E-state index in [0.717, 1.165) is 12.8 Å². The standard InChI is InChI=1S/C17H19F/c1-17(2,12-14-6-4-3-5-7-14)13-15-8-10-16(18)11-9-15/h3-11H,12-13H2,1-2H3. The minimum absolute atomic E-state index is 0.167. The van der Waals surface area contributed by atoms with E-state index in [1.54, 1.807) is 0 Å². The van der Waals surface area contributed by atoms with Crippen LogP contribution in [-0.4, -0.2) is 0 Å². The summed E-state index contributed by atoms with van der Waals surface area (Å²) < 4.78 is 12.9. The lowest BCUT2D eigenvalue weighted by Crippen LogP contribution is -2.18. The van der Waals surface area contributed by atoms with Gasteiger partial charge in [-0.2, -0.15) is 0 Å². The van der Waals surface area contributed by atoms with Gasteiger partial charge in [0, 0.05) is 0 Å². The van der Waals surface area contributed by atoms with Crippen molar-refractivity contribution in [2.75, 3.05) is 0 Å². The highest BCUT2D eigenvalue weighted by molar-refractivity contribution is 5.20. The van der Waals surface area contributed by atoms with Gasteiger partial charge in [-0.3, -0.25) is 0 Å². The fourth-order valence-corrected chi connectivity index (χ4v) is 2.37. The van der Waals surface area contributed by atoms with Gasteiger partial charge < -0.3 is 0 Å². The number of halogens is 1. The van der Waals surface area contributed by atoms with E-state index in [4.69, 9.17) is 0 Å². The van der Waals surface area contributed by atoms with Crippen molar-refractivity contribution in [3.63, 3.8) is 0 Å². The van der Waals surface area contributed by atoms with Crippen LogP contribution in [0.15, 0.2) is 54.6 Å². The van der Waals surface area contributed by atoms with E-state index in [-0.39, 0.29) is 11.2 Å². The van der Waals surface area contributed by atoms with E-state index in [9.17, 15) is 4.39 Å². The van der Waals surface area contributed by atoms with Crippen LogP contribution < -0.4 is 0 Å². The largest absolute Gasteiger partial charge is 0.207 e. The summed E-state index contributed by atoms with van der Waals surface area (Å²) in [6.45, 7) is 4.51. The van der Waals surface area contributed by atoms with Crippen molar-refractivity contribution in [2.24, 2.45) is 5.41 Å². The average molecular weight is 242 g/mol. The van der Waals surface area contributed by atoms with Crippen molar-refractivity contribution in [1.82, 2.24) is 0 Å². The minimum Gasteiger partial charge on any atom is -0.207 e. The molecule has 0 unspecified atom stereocenters. The van der Waals surface area contributed by atoms with Gasteiger partial charge in [0.2, 0.25) is 0 Å². The number of hydrogen-bond donors (Lipinski definition) is 0. The summed E-state index contributed by atoms with van der Waals surface area (Å²) in [6, 6.07) is 17.3. The third-order valence-corrected chi connectivity index (χ3v) is 3.12. The molecular weight excluding hydrogens is 223 g/mol. The molecule has 0 nitrogen and oxygen atoms in total. The molecule has 0 radical (unpaired) electrons. The molecule has 0 atom stereocenters. The molecule has 0 bridgehead atoms. The highest BCUT2D eigenvalue weighted by Crippen LogP contribution is 2.26. The van der Waals surface area contributed by atoms with Gasteiger partial charge in [0.25, 0.3) is 0 Å². The van der Waals surface area contributed by atoms with E-state index in [0.29, 0.717) is 0 Å².